The van der Waals surface area contributed by atoms with Gasteiger partial charge in [-0.15, -0.1) is 11.3 Å². The van der Waals surface area contributed by atoms with Gasteiger partial charge in [0.15, 0.2) is 10.3 Å². The number of rotatable bonds is 3. The van der Waals surface area contributed by atoms with Crippen LogP contribution >= 0.6 is 22.9 Å². The zero-order valence-corrected chi connectivity index (χ0v) is 12.1. The highest BCUT2D eigenvalue weighted by atomic mass is 35.5. The molecule has 2 aliphatic heterocycles. The van der Waals surface area contributed by atoms with E-state index in [1.54, 1.807) is 18.0 Å². The normalized spacial score (nSPS) is 21.9. The third-order valence-electron chi connectivity index (χ3n) is 3.53. The van der Waals surface area contributed by atoms with E-state index in [0.29, 0.717) is 29.9 Å². The molecule has 1 fully saturated rings. The predicted molar refractivity (Wildman–Crippen MR) is 72.7 cm³/mol. The average Bonchev–Trinajstić information content (AvgIpc) is 3.02. The number of carbonyl (C=O) groups excluding carboxylic acids is 1. The number of ketones is 1. The molecule has 106 valence electrons. The Bertz CT molecular complexity index is 629. The summed E-state index contributed by atoms with van der Waals surface area (Å²) in [5, 5.41) is 11.1. The van der Waals surface area contributed by atoms with Crippen molar-refractivity contribution in [2.45, 2.75) is 19.5 Å². The summed E-state index contributed by atoms with van der Waals surface area (Å²) in [7, 11) is 0. The van der Waals surface area contributed by atoms with Crippen molar-refractivity contribution in [3.05, 3.63) is 37.2 Å². The minimum absolute atomic E-state index is 0.300. The van der Waals surface area contributed by atoms with E-state index in [9.17, 15) is 14.9 Å². The standard InChI is InChI=1S/C11H11ClN4O3S/c1-6-9(17)8(16(18)19)10-14(2-3-15(6)10)5-7-4-13-11(12)20-7/h4,6H,2-3,5H2,1H3. The van der Waals surface area contributed by atoms with Crippen LogP contribution < -0.4 is 0 Å². The number of halogens is 1. The van der Waals surface area contributed by atoms with Gasteiger partial charge in [-0.1, -0.05) is 11.6 Å². The van der Waals surface area contributed by atoms with Crippen LogP contribution in [-0.2, 0) is 11.3 Å². The van der Waals surface area contributed by atoms with Crippen LogP contribution in [0.3, 0.4) is 0 Å². The molecule has 3 rings (SSSR count). The summed E-state index contributed by atoms with van der Waals surface area (Å²) in [6.45, 7) is 3.45. The van der Waals surface area contributed by atoms with Crippen molar-refractivity contribution in [2.75, 3.05) is 13.1 Å². The summed E-state index contributed by atoms with van der Waals surface area (Å²) in [5.41, 5.74) is -0.300. The molecule has 0 saturated carbocycles. The van der Waals surface area contributed by atoms with Crippen LogP contribution in [0.25, 0.3) is 0 Å². The largest absolute Gasteiger partial charge is 0.354 e. The van der Waals surface area contributed by atoms with Crippen molar-refractivity contribution in [2.24, 2.45) is 0 Å². The smallest absolute Gasteiger partial charge is 0.345 e. The average molecular weight is 315 g/mol. The minimum atomic E-state index is -0.577. The molecular weight excluding hydrogens is 304 g/mol. The number of aromatic nitrogens is 1. The first-order valence-corrected chi connectivity index (χ1v) is 7.23. The molecule has 0 spiro atoms. The number of thiazole rings is 1. The van der Waals surface area contributed by atoms with Gasteiger partial charge in [-0.25, -0.2) is 4.98 Å². The van der Waals surface area contributed by atoms with Crippen LogP contribution in [0.15, 0.2) is 17.7 Å². The van der Waals surface area contributed by atoms with E-state index in [1.807, 2.05) is 4.90 Å². The van der Waals surface area contributed by atoms with E-state index in [1.165, 1.54) is 11.3 Å². The van der Waals surface area contributed by atoms with Crippen LogP contribution in [0.2, 0.25) is 4.47 Å². The van der Waals surface area contributed by atoms with E-state index >= 15 is 0 Å². The molecule has 0 N–H and O–H groups in total. The number of fused-ring (bicyclic) bond motifs is 1. The second kappa shape index (κ2) is 4.71. The zero-order chi connectivity index (χ0) is 14.4. The molecule has 0 radical (unpaired) electrons. The maximum absolute atomic E-state index is 12.0. The fourth-order valence-electron chi connectivity index (χ4n) is 2.60. The topological polar surface area (TPSA) is 79.6 Å². The molecule has 2 aliphatic rings. The van der Waals surface area contributed by atoms with E-state index < -0.39 is 16.7 Å². The lowest BCUT2D eigenvalue weighted by atomic mass is 10.2. The van der Waals surface area contributed by atoms with Crippen LogP contribution in [0.1, 0.15) is 11.8 Å². The van der Waals surface area contributed by atoms with Gasteiger partial charge in [-0.05, 0) is 6.92 Å². The first kappa shape index (κ1) is 13.3. The summed E-state index contributed by atoms with van der Waals surface area (Å²) in [6, 6.07) is -0.458. The summed E-state index contributed by atoms with van der Waals surface area (Å²) in [6.07, 6.45) is 1.66. The quantitative estimate of drug-likeness (QED) is 0.618. The fourth-order valence-corrected chi connectivity index (χ4v) is 3.60. The Morgan fingerprint density at radius 3 is 2.95 bits per heavy atom. The highest BCUT2D eigenvalue weighted by Crippen LogP contribution is 2.34. The Labute approximate surface area is 123 Å². The van der Waals surface area contributed by atoms with Crippen molar-refractivity contribution < 1.29 is 9.72 Å². The van der Waals surface area contributed by atoms with Gasteiger partial charge in [-0.3, -0.25) is 14.9 Å². The first-order valence-electron chi connectivity index (χ1n) is 6.03. The van der Waals surface area contributed by atoms with Crippen LogP contribution in [0, 0.1) is 10.1 Å². The highest BCUT2D eigenvalue weighted by molar-refractivity contribution is 7.15. The Hall–Kier alpha value is -1.67. The van der Waals surface area contributed by atoms with Gasteiger partial charge in [0.25, 0.3) is 5.78 Å². The molecule has 20 heavy (non-hydrogen) atoms. The van der Waals surface area contributed by atoms with Crippen LogP contribution in [0.4, 0.5) is 0 Å². The summed E-state index contributed by atoms with van der Waals surface area (Å²) in [4.78, 5) is 31.0. The third-order valence-corrected chi connectivity index (χ3v) is 4.63. The van der Waals surface area contributed by atoms with Crippen LogP contribution in [-0.4, -0.2) is 44.6 Å². The maximum atomic E-state index is 12.0. The predicted octanol–water partition coefficient (Wildman–Crippen LogP) is 1.33. The Kier molecular flexibility index (Phi) is 3.14. The molecule has 1 unspecified atom stereocenters. The second-order valence-corrected chi connectivity index (χ2v) is 6.36. The lowest BCUT2D eigenvalue weighted by Crippen LogP contribution is -2.30. The summed E-state index contributed by atoms with van der Waals surface area (Å²) < 4.78 is 0.440. The number of nitrogens with zero attached hydrogens (tertiary/aromatic N) is 4. The molecule has 3 heterocycles. The maximum Gasteiger partial charge on any atom is 0.354 e. The van der Waals surface area contributed by atoms with Gasteiger partial charge in [-0.2, -0.15) is 0 Å². The number of hydrogen-bond acceptors (Lipinski definition) is 7. The molecule has 1 aromatic rings. The molecule has 0 aliphatic carbocycles. The first-order chi connectivity index (χ1) is 9.49. The summed E-state index contributed by atoms with van der Waals surface area (Å²) >= 11 is 7.12. The fraction of sp³-hybridized carbons (Fsp3) is 0.455. The number of Topliss-reactive ketones (excluding diaryl/α,β-unsaturated/α-hetero) is 1. The molecule has 7 nitrogen and oxygen atoms in total. The van der Waals surface area contributed by atoms with Crippen molar-refractivity contribution in [3.63, 3.8) is 0 Å². The monoisotopic (exact) mass is 314 g/mol. The molecule has 1 saturated heterocycles. The SMILES string of the molecule is CC1C(=O)C([N+](=O)[O-])=C2N(Cc3cnc(Cl)s3)CCN21. The molecular formula is C11H11ClN4O3S. The van der Waals surface area contributed by atoms with Gasteiger partial charge in [0, 0.05) is 24.2 Å². The van der Waals surface area contributed by atoms with Crippen molar-refractivity contribution >= 4 is 28.7 Å². The number of hydrogen-bond donors (Lipinski definition) is 0. The Morgan fingerprint density at radius 2 is 2.35 bits per heavy atom. The van der Waals surface area contributed by atoms with Gasteiger partial charge in [0.05, 0.1) is 17.5 Å². The van der Waals surface area contributed by atoms with Gasteiger partial charge >= 0.3 is 5.70 Å². The zero-order valence-electron chi connectivity index (χ0n) is 10.6. The lowest BCUT2D eigenvalue weighted by Gasteiger charge is -2.20. The Morgan fingerprint density at radius 1 is 1.60 bits per heavy atom. The van der Waals surface area contributed by atoms with E-state index in [4.69, 9.17) is 11.6 Å². The van der Waals surface area contributed by atoms with Crippen molar-refractivity contribution in [1.29, 1.82) is 0 Å². The molecule has 0 amide bonds. The highest BCUT2D eigenvalue weighted by Gasteiger charge is 2.49. The van der Waals surface area contributed by atoms with Gasteiger partial charge in [0.2, 0.25) is 0 Å². The number of nitro groups is 1. The van der Waals surface area contributed by atoms with E-state index in [-0.39, 0.29) is 5.70 Å². The van der Waals surface area contributed by atoms with Crippen molar-refractivity contribution in [3.8, 4) is 0 Å². The molecule has 0 bridgehead atoms. The molecule has 9 heteroatoms. The summed E-state index contributed by atoms with van der Waals surface area (Å²) in [5.74, 6) is 0.00839. The van der Waals surface area contributed by atoms with Gasteiger partial charge in [0.1, 0.15) is 0 Å². The lowest BCUT2D eigenvalue weighted by molar-refractivity contribution is -0.420. The Balaban J connectivity index is 1.94. The minimum Gasteiger partial charge on any atom is -0.345 e. The van der Waals surface area contributed by atoms with Gasteiger partial charge < -0.3 is 9.80 Å². The van der Waals surface area contributed by atoms with E-state index in [2.05, 4.69) is 4.98 Å². The number of carbonyl (C=O) groups is 1. The molecule has 1 atom stereocenters. The molecule has 0 aromatic carbocycles. The second-order valence-electron chi connectivity index (χ2n) is 4.66. The van der Waals surface area contributed by atoms with Crippen LogP contribution in [0.5, 0.6) is 0 Å². The third kappa shape index (κ3) is 1.95. The van der Waals surface area contributed by atoms with E-state index in [0.717, 1.165) is 4.88 Å². The van der Waals surface area contributed by atoms with Crippen molar-refractivity contribution in [1.82, 2.24) is 14.8 Å². The molecule has 1 aromatic heterocycles.